The van der Waals surface area contributed by atoms with E-state index in [-0.39, 0.29) is 11.7 Å². The molecular formula is C13H15F3O2. The lowest BCUT2D eigenvalue weighted by molar-refractivity contribution is -0.209. The van der Waals surface area contributed by atoms with E-state index >= 15 is 0 Å². The fraction of sp³-hybridized carbons (Fsp3) is 0.462. The molecule has 1 rings (SSSR count). The fourth-order valence-corrected chi connectivity index (χ4v) is 1.63. The zero-order valence-electron chi connectivity index (χ0n) is 10.2. The van der Waals surface area contributed by atoms with Crippen molar-refractivity contribution >= 4 is 0 Å². The lowest BCUT2D eigenvalue weighted by atomic mass is 10.0. The van der Waals surface area contributed by atoms with Gasteiger partial charge in [0.2, 0.25) is 0 Å². The van der Waals surface area contributed by atoms with E-state index in [0.29, 0.717) is 6.61 Å². The molecule has 2 atom stereocenters. The maximum absolute atomic E-state index is 12.6. The summed E-state index contributed by atoms with van der Waals surface area (Å²) in [6.45, 7) is 4.23. The van der Waals surface area contributed by atoms with E-state index in [0.717, 1.165) is 5.56 Å². The number of halogens is 3. The lowest BCUT2D eigenvalue weighted by Crippen LogP contribution is -2.21. The molecule has 2 unspecified atom stereocenters. The van der Waals surface area contributed by atoms with Gasteiger partial charge in [0, 0.05) is 6.61 Å². The highest BCUT2D eigenvalue weighted by molar-refractivity contribution is 5.26. The molecule has 0 amide bonds. The first kappa shape index (κ1) is 15.0. The highest BCUT2D eigenvalue weighted by Crippen LogP contribution is 2.35. The summed E-state index contributed by atoms with van der Waals surface area (Å²) in [5, 5.41) is 0. The van der Waals surface area contributed by atoms with Crippen LogP contribution in [0.2, 0.25) is 0 Å². The van der Waals surface area contributed by atoms with Gasteiger partial charge >= 0.3 is 6.18 Å². The summed E-state index contributed by atoms with van der Waals surface area (Å²) < 4.78 is 47.0. The van der Waals surface area contributed by atoms with Gasteiger partial charge in [0.05, 0.1) is 6.10 Å². The topological polar surface area (TPSA) is 18.5 Å². The number of rotatable bonds is 5. The predicted octanol–water partition coefficient (Wildman–Crippen LogP) is 4.07. The molecule has 0 bridgehead atoms. The maximum atomic E-state index is 12.6. The van der Waals surface area contributed by atoms with Gasteiger partial charge in [0.25, 0.3) is 0 Å². The van der Waals surface area contributed by atoms with Crippen LogP contribution in [0, 0.1) is 7.11 Å². The summed E-state index contributed by atoms with van der Waals surface area (Å²) in [6.07, 6.45) is -6.79. The van der Waals surface area contributed by atoms with Gasteiger partial charge in [0.1, 0.15) is 7.11 Å². The molecule has 1 aromatic rings. The van der Waals surface area contributed by atoms with Crippen LogP contribution in [0.3, 0.4) is 0 Å². The highest BCUT2D eigenvalue weighted by atomic mass is 19.4. The number of ether oxygens (including phenoxy) is 2. The van der Waals surface area contributed by atoms with Gasteiger partial charge in [-0.2, -0.15) is 13.2 Å². The Morgan fingerprint density at radius 1 is 1.17 bits per heavy atom. The zero-order chi connectivity index (χ0) is 13.8. The molecule has 0 fully saturated rings. The van der Waals surface area contributed by atoms with E-state index in [4.69, 9.17) is 11.8 Å². The first-order valence-electron chi connectivity index (χ1n) is 5.53. The first-order chi connectivity index (χ1) is 8.40. The Morgan fingerprint density at radius 3 is 2.06 bits per heavy atom. The molecule has 0 saturated carbocycles. The smallest absolute Gasteiger partial charge is 0.374 e. The van der Waals surface area contributed by atoms with Crippen LogP contribution in [0.1, 0.15) is 37.2 Å². The molecule has 0 aliphatic heterocycles. The van der Waals surface area contributed by atoms with Crippen LogP contribution < -0.4 is 0 Å². The third kappa shape index (κ3) is 3.71. The minimum atomic E-state index is -4.53. The Balaban J connectivity index is 2.88. The van der Waals surface area contributed by atoms with Gasteiger partial charge in [0.15, 0.2) is 6.10 Å². The average Bonchev–Trinajstić information content (AvgIpc) is 2.29. The molecule has 0 spiro atoms. The van der Waals surface area contributed by atoms with E-state index in [1.54, 1.807) is 12.1 Å². The highest BCUT2D eigenvalue weighted by Gasteiger charge is 2.41. The molecule has 1 aromatic carbocycles. The van der Waals surface area contributed by atoms with Crippen LogP contribution in [0.15, 0.2) is 24.3 Å². The van der Waals surface area contributed by atoms with Crippen LogP contribution in [-0.2, 0) is 9.47 Å². The van der Waals surface area contributed by atoms with Crippen molar-refractivity contribution in [2.45, 2.75) is 32.2 Å². The van der Waals surface area contributed by atoms with E-state index in [2.05, 4.69) is 4.74 Å². The molecule has 0 aliphatic carbocycles. The molecule has 0 aliphatic rings. The van der Waals surface area contributed by atoms with Crippen LogP contribution in [0.5, 0.6) is 0 Å². The predicted molar refractivity (Wildman–Crippen MR) is 60.7 cm³/mol. The van der Waals surface area contributed by atoms with Crippen molar-refractivity contribution in [3.05, 3.63) is 42.5 Å². The maximum Gasteiger partial charge on any atom is 0.418 e. The van der Waals surface area contributed by atoms with Crippen molar-refractivity contribution in [1.82, 2.24) is 0 Å². The van der Waals surface area contributed by atoms with Crippen molar-refractivity contribution in [3.8, 4) is 0 Å². The summed E-state index contributed by atoms with van der Waals surface area (Å²) in [5.41, 5.74) is 0.774. The molecule has 100 valence electrons. The first-order valence-corrected chi connectivity index (χ1v) is 5.53. The Labute approximate surface area is 105 Å². The van der Waals surface area contributed by atoms with Crippen LogP contribution >= 0.6 is 0 Å². The largest absolute Gasteiger partial charge is 0.418 e. The third-order valence-corrected chi connectivity index (χ3v) is 2.56. The lowest BCUT2D eigenvalue weighted by Gasteiger charge is -2.19. The Morgan fingerprint density at radius 2 is 1.67 bits per heavy atom. The van der Waals surface area contributed by atoms with Crippen molar-refractivity contribution in [2.75, 3.05) is 6.61 Å². The van der Waals surface area contributed by atoms with Crippen LogP contribution in [0.4, 0.5) is 13.2 Å². The van der Waals surface area contributed by atoms with Gasteiger partial charge in [-0.1, -0.05) is 24.3 Å². The summed E-state index contributed by atoms with van der Waals surface area (Å²) in [5.74, 6) is 0. The molecule has 0 heterocycles. The second kappa shape index (κ2) is 6.20. The number of alkyl halides is 3. The van der Waals surface area contributed by atoms with Gasteiger partial charge in [-0.25, -0.2) is 0 Å². The summed E-state index contributed by atoms with van der Waals surface area (Å²) in [4.78, 5) is 0. The van der Waals surface area contributed by atoms with Crippen molar-refractivity contribution < 1.29 is 22.6 Å². The number of hydrogen-bond acceptors (Lipinski definition) is 2. The summed E-state index contributed by atoms with van der Waals surface area (Å²) in [7, 11) is 4.69. The molecule has 5 heteroatoms. The average molecular weight is 260 g/mol. The Bertz CT molecular complexity index is 359. The van der Waals surface area contributed by atoms with Gasteiger partial charge in [-0.05, 0) is 25.0 Å². The van der Waals surface area contributed by atoms with Gasteiger partial charge < -0.3 is 9.47 Å². The third-order valence-electron chi connectivity index (χ3n) is 2.56. The van der Waals surface area contributed by atoms with Crippen LogP contribution in [-0.4, -0.2) is 12.8 Å². The summed E-state index contributed by atoms with van der Waals surface area (Å²) in [6, 6.07) is 5.84. The molecule has 18 heavy (non-hydrogen) atoms. The minimum Gasteiger partial charge on any atom is -0.374 e. The van der Waals surface area contributed by atoms with Crippen molar-refractivity contribution in [2.24, 2.45) is 0 Å². The molecule has 0 aromatic heterocycles. The standard InChI is InChI=1S/C13H15F3O2/c1-4-18-9(2)10-5-7-11(8-6-10)12(17-3)13(14,15)16/h3,5-9,12H,4H2,1-2H3. The zero-order valence-corrected chi connectivity index (χ0v) is 10.2. The summed E-state index contributed by atoms with van der Waals surface area (Å²) >= 11 is 0. The molecule has 0 N–H and O–H groups in total. The molecule has 0 saturated heterocycles. The van der Waals surface area contributed by atoms with E-state index < -0.39 is 12.3 Å². The molecule has 2 radical (unpaired) electrons. The number of benzene rings is 1. The van der Waals surface area contributed by atoms with Crippen LogP contribution in [0.25, 0.3) is 0 Å². The van der Waals surface area contributed by atoms with Crippen molar-refractivity contribution in [3.63, 3.8) is 0 Å². The Kier molecular flexibility index (Phi) is 5.16. The van der Waals surface area contributed by atoms with Gasteiger partial charge in [-0.15, -0.1) is 0 Å². The fourth-order valence-electron chi connectivity index (χ4n) is 1.63. The molecular weight excluding hydrogens is 245 g/mol. The quantitative estimate of drug-likeness (QED) is 0.794. The van der Waals surface area contributed by atoms with E-state index in [1.165, 1.54) is 12.1 Å². The van der Waals surface area contributed by atoms with Gasteiger partial charge in [-0.3, -0.25) is 0 Å². The number of hydrogen-bond donors (Lipinski definition) is 0. The monoisotopic (exact) mass is 260 g/mol. The normalized spacial score (nSPS) is 15.4. The van der Waals surface area contributed by atoms with E-state index in [1.807, 2.05) is 13.8 Å². The minimum absolute atomic E-state index is 0.0301. The SMILES string of the molecule is [CH]OC(c1ccc(C(C)OCC)cc1)C(F)(F)F. The second-order valence-corrected chi connectivity index (χ2v) is 3.82. The molecule has 2 nitrogen and oxygen atoms in total. The second-order valence-electron chi connectivity index (χ2n) is 3.82. The Hall–Kier alpha value is -1.07. The van der Waals surface area contributed by atoms with E-state index in [9.17, 15) is 13.2 Å². The van der Waals surface area contributed by atoms with Crippen molar-refractivity contribution in [1.29, 1.82) is 0 Å².